The van der Waals surface area contributed by atoms with Gasteiger partial charge in [-0.25, -0.2) is 0 Å². The Kier molecular flexibility index (Phi) is 5.37. The lowest BCUT2D eigenvalue weighted by Crippen LogP contribution is -2.43. The van der Waals surface area contributed by atoms with Crippen molar-refractivity contribution in [3.63, 3.8) is 0 Å². The van der Waals surface area contributed by atoms with E-state index < -0.39 is 0 Å². The van der Waals surface area contributed by atoms with Gasteiger partial charge in [-0.1, -0.05) is 43.5 Å². The Morgan fingerprint density at radius 1 is 0.875 bits per heavy atom. The normalized spacial score (nSPS) is 19.1. The molecule has 0 spiro atoms. The standard InChI is InChI=1S/C26H28N2O4/c1-31-21-13-12-18(16-22(21)32-2)23-24(27-15-14-17-8-6-7-11-20(17)27)26(30)28(25(23)29)19-9-4-3-5-10-19/h6-8,11-13,16,19H,3-5,9-10,14-15H2,1-2H3. The van der Waals surface area contributed by atoms with Crippen molar-refractivity contribution in [1.82, 2.24) is 4.90 Å². The number of methoxy groups -OCH3 is 2. The van der Waals surface area contributed by atoms with Gasteiger partial charge in [-0.05, 0) is 48.6 Å². The van der Waals surface area contributed by atoms with Gasteiger partial charge in [0.2, 0.25) is 0 Å². The van der Waals surface area contributed by atoms with Gasteiger partial charge in [-0.15, -0.1) is 0 Å². The first-order chi connectivity index (χ1) is 15.6. The fourth-order valence-electron chi connectivity index (χ4n) is 5.28. The molecule has 2 aliphatic heterocycles. The van der Waals surface area contributed by atoms with Gasteiger partial charge < -0.3 is 14.4 Å². The number of fused-ring (bicyclic) bond motifs is 1. The van der Waals surface area contributed by atoms with Crippen LogP contribution in [-0.2, 0) is 16.0 Å². The minimum absolute atomic E-state index is 0.0331. The summed E-state index contributed by atoms with van der Waals surface area (Å²) in [5, 5.41) is 0. The molecule has 0 N–H and O–H groups in total. The highest BCUT2D eigenvalue weighted by Crippen LogP contribution is 2.42. The number of nitrogens with zero attached hydrogens (tertiary/aromatic N) is 2. The number of hydrogen-bond donors (Lipinski definition) is 0. The molecule has 2 heterocycles. The molecule has 1 aliphatic carbocycles. The lowest BCUT2D eigenvalue weighted by atomic mass is 9.94. The molecule has 2 aromatic carbocycles. The van der Waals surface area contributed by atoms with E-state index in [1.54, 1.807) is 26.4 Å². The maximum absolute atomic E-state index is 13.8. The summed E-state index contributed by atoms with van der Waals surface area (Å²) in [6.07, 6.45) is 5.87. The van der Waals surface area contributed by atoms with E-state index in [0.717, 1.165) is 44.2 Å². The van der Waals surface area contributed by atoms with Crippen molar-refractivity contribution in [1.29, 1.82) is 0 Å². The number of para-hydroxylation sites is 1. The number of carbonyl (C=O) groups is 2. The van der Waals surface area contributed by atoms with Crippen LogP contribution in [-0.4, -0.2) is 43.5 Å². The van der Waals surface area contributed by atoms with Gasteiger partial charge in [0, 0.05) is 18.3 Å². The molecule has 166 valence electrons. The highest BCUT2D eigenvalue weighted by molar-refractivity contribution is 6.37. The molecule has 0 atom stereocenters. The Hall–Kier alpha value is -3.28. The molecule has 0 unspecified atom stereocenters. The molecule has 0 radical (unpaired) electrons. The predicted molar refractivity (Wildman–Crippen MR) is 123 cm³/mol. The van der Waals surface area contributed by atoms with E-state index in [-0.39, 0.29) is 17.9 Å². The van der Waals surface area contributed by atoms with Crippen molar-refractivity contribution in [2.24, 2.45) is 0 Å². The van der Waals surface area contributed by atoms with E-state index in [1.807, 2.05) is 29.2 Å². The average Bonchev–Trinajstić information content (AvgIpc) is 3.36. The first-order valence-electron chi connectivity index (χ1n) is 11.3. The fraction of sp³-hybridized carbons (Fsp3) is 0.385. The third-order valence-corrected chi connectivity index (χ3v) is 6.86. The maximum Gasteiger partial charge on any atom is 0.278 e. The van der Waals surface area contributed by atoms with Crippen molar-refractivity contribution in [2.75, 3.05) is 25.7 Å². The molecule has 32 heavy (non-hydrogen) atoms. The molecule has 6 heteroatoms. The molecule has 0 aromatic heterocycles. The van der Waals surface area contributed by atoms with Crippen LogP contribution in [0.5, 0.6) is 11.5 Å². The van der Waals surface area contributed by atoms with E-state index in [4.69, 9.17) is 9.47 Å². The molecule has 6 nitrogen and oxygen atoms in total. The van der Waals surface area contributed by atoms with Gasteiger partial charge in [-0.3, -0.25) is 14.5 Å². The molecule has 2 aromatic rings. The summed E-state index contributed by atoms with van der Waals surface area (Å²) in [5.41, 5.74) is 3.82. The number of imide groups is 1. The summed E-state index contributed by atoms with van der Waals surface area (Å²) in [5.74, 6) is 0.748. The Bertz CT molecular complexity index is 1100. The van der Waals surface area contributed by atoms with Crippen LogP contribution >= 0.6 is 0 Å². The largest absolute Gasteiger partial charge is 0.493 e. The van der Waals surface area contributed by atoms with E-state index in [0.29, 0.717) is 34.9 Å². The SMILES string of the molecule is COc1ccc(C2=C(N3CCc4ccccc43)C(=O)N(C3CCCCC3)C2=O)cc1OC. The van der Waals surface area contributed by atoms with Crippen molar-refractivity contribution >= 4 is 23.1 Å². The molecule has 0 bridgehead atoms. The number of carbonyl (C=O) groups excluding carboxylic acids is 2. The van der Waals surface area contributed by atoms with E-state index >= 15 is 0 Å². The van der Waals surface area contributed by atoms with Crippen LogP contribution < -0.4 is 14.4 Å². The summed E-state index contributed by atoms with van der Waals surface area (Å²) in [6.45, 7) is 0.684. The Labute approximate surface area is 188 Å². The number of rotatable bonds is 5. The third kappa shape index (κ3) is 3.25. The zero-order chi connectivity index (χ0) is 22.2. The second-order valence-electron chi connectivity index (χ2n) is 8.60. The van der Waals surface area contributed by atoms with Crippen LogP contribution in [0.4, 0.5) is 5.69 Å². The van der Waals surface area contributed by atoms with Crippen molar-refractivity contribution in [2.45, 2.75) is 44.6 Å². The molecule has 2 amide bonds. The monoisotopic (exact) mass is 432 g/mol. The van der Waals surface area contributed by atoms with Crippen LogP contribution in [0.15, 0.2) is 48.2 Å². The average molecular weight is 433 g/mol. The molecule has 5 rings (SSSR count). The Morgan fingerprint density at radius 2 is 1.62 bits per heavy atom. The zero-order valence-corrected chi connectivity index (χ0v) is 18.6. The summed E-state index contributed by atoms with van der Waals surface area (Å²) < 4.78 is 10.9. The second kappa shape index (κ2) is 8.34. The number of anilines is 1. The molecule has 3 aliphatic rings. The van der Waals surface area contributed by atoms with Crippen molar-refractivity contribution < 1.29 is 19.1 Å². The van der Waals surface area contributed by atoms with E-state index in [1.165, 1.54) is 10.5 Å². The van der Waals surface area contributed by atoms with Crippen LogP contribution in [0.1, 0.15) is 43.2 Å². The first kappa shape index (κ1) is 20.6. The predicted octanol–water partition coefficient (Wildman–Crippen LogP) is 4.18. The highest BCUT2D eigenvalue weighted by Gasteiger charge is 2.46. The quantitative estimate of drug-likeness (QED) is 0.664. The van der Waals surface area contributed by atoms with Crippen LogP contribution in [0, 0.1) is 0 Å². The smallest absolute Gasteiger partial charge is 0.278 e. The molecular formula is C26H28N2O4. The minimum Gasteiger partial charge on any atom is -0.493 e. The van der Waals surface area contributed by atoms with Gasteiger partial charge in [0.15, 0.2) is 11.5 Å². The van der Waals surface area contributed by atoms with Gasteiger partial charge in [0.25, 0.3) is 11.8 Å². The number of amides is 2. The van der Waals surface area contributed by atoms with Crippen LogP contribution in [0.3, 0.4) is 0 Å². The fourth-order valence-corrected chi connectivity index (χ4v) is 5.28. The summed E-state index contributed by atoms with van der Waals surface area (Å²) in [7, 11) is 3.15. The van der Waals surface area contributed by atoms with E-state index in [9.17, 15) is 9.59 Å². The van der Waals surface area contributed by atoms with Crippen molar-refractivity contribution in [3.8, 4) is 11.5 Å². The van der Waals surface area contributed by atoms with E-state index in [2.05, 4.69) is 6.07 Å². The molecule has 0 saturated heterocycles. The summed E-state index contributed by atoms with van der Waals surface area (Å²) in [4.78, 5) is 31.2. The van der Waals surface area contributed by atoms with Gasteiger partial charge >= 0.3 is 0 Å². The van der Waals surface area contributed by atoms with Gasteiger partial charge in [0.05, 0.1) is 19.8 Å². The van der Waals surface area contributed by atoms with Gasteiger partial charge in [0.1, 0.15) is 5.70 Å². The highest BCUT2D eigenvalue weighted by atomic mass is 16.5. The molecule has 1 saturated carbocycles. The molecular weight excluding hydrogens is 404 g/mol. The topological polar surface area (TPSA) is 59.1 Å². The van der Waals surface area contributed by atoms with Crippen molar-refractivity contribution in [3.05, 3.63) is 59.3 Å². The summed E-state index contributed by atoms with van der Waals surface area (Å²) >= 11 is 0. The Balaban J connectivity index is 1.65. The third-order valence-electron chi connectivity index (χ3n) is 6.86. The molecule has 1 fully saturated rings. The van der Waals surface area contributed by atoms with Gasteiger partial charge in [-0.2, -0.15) is 0 Å². The Morgan fingerprint density at radius 3 is 2.38 bits per heavy atom. The maximum atomic E-state index is 13.8. The van der Waals surface area contributed by atoms with Crippen LogP contribution in [0.2, 0.25) is 0 Å². The zero-order valence-electron chi connectivity index (χ0n) is 18.6. The van der Waals surface area contributed by atoms with Crippen LogP contribution in [0.25, 0.3) is 5.57 Å². The first-order valence-corrected chi connectivity index (χ1v) is 11.3. The number of hydrogen-bond acceptors (Lipinski definition) is 5. The minimum atomic E-state index is -0.200. The second-order valence-corrected chi connectivity index (χ2v) is 8.60. The number of benzene rings is 2. The lowest BCUT2D eigenvalue weighted by Gasteiger charge is -2.30. The number of ether oxygens (including phenoxy) is 2. The lowest BCUT2D eigenvalue weighted by molar-refractivity contribution is -0.140. The summed E-state index contributed by atoms with van der Waals surface area (Å²) in [6, 6.07) is 13.5.